The number of hydrogen-bond acceptors (Lipinski definition) is 4. The number of pyridine rings is 1. The van der Waals surface area contributed by atoms with Crippen LogP contribution in [0, 0.1) is 0 Å². The monoisotopic (exact) mass is 222 g/mol. The van der Waals surface area contributed by atoms with E-state index in [0.29, 0.717) is 5.88 Å². The van der Waals surface area contributed by atoms with Crippen molar-refractivity contribution in [3.05, 3.63) is 23.9 Å². The summed E-state index contributed by atoms with van der Waals surface area (Å²) in [7, 11) is 3.66. The number of aliphatic hydroxyl groups is 1. The number of methoxy groups -OCH3 is 1. The second-order valence-electron chi connectivity index (χ2n) is 4.40. The van der Waals surface area contributed by atoms with E-state index in [-0.39, 0.29) is 0 Å². The molecule has 4 nitrogen and oxygen atoms in total. The Morgan fingerprint density at radius 2 is 2.06 bits per heavy atom. The van der Waals surface area contributed by atoms with Crippen LogP contribution in [0.25, 0.3) is 0 Å². The highest BCUT2D eigenvalue weighted by Gasteiger charge is 2.34. The number of nitrogens with zero attached hydrogens (tertiary/aromatic N) is 2. The molecular formula is C12H18N2O2. The van der Waals surface area contributed by atoms with Crippen LogP contribution in [0.2, 0.25) is 0 Å². The van der Waals surface area contributed by atoms with Crippen LogP contribution in [0.5, 0.6) is 5.88 Å². The van der Waals surface area contributed by atoms with E-state index in [2.05, 4.69) is 16.9 Å². The zero-order chi connectivity index (χ0) is 11.6. The largest absolute Gasteiger partial charge is 0.481 e. The second-order valence-corrected chi connectivity index (χ2v) is 4.40. The standard InChI is InChI=1S/C12H18N2O2/c1-14-8-6-12(15,7-9-14)10-4-3-5-11(13-10)16-2/h3-5,15H,6-9H2,1-2H3. The lowest BCUT2D eigenvalue weighted by Crippen LogP contribution is -2.41. The molecule has 1 fully saturated rings. The van der Waals surface area contributed by atoms with Gasteiger partial charge in [-0.15, -0.1) is 0 Å². The summed E-state index contributed by atoms with van der Waals surface area (Å²) in [5.74, 6) is 0.560. The number of hydrogen-bond donors (Lipinski definition) is 1. The van der Waals surface area contributed by atoms with Gasteiger partial charge in [0.15, 0.2) is 0 Å². The predicted octanol–water partition coefficient (Wildman–Crippen LogP) is 1.00. The summed E-state index contributed by atoms with van der Waals surface area (Å²) in [5.41, 5.74) is -0.0684. The number of aromatic nitrogens is 1. The fraction of sp³-hybridized carbons (Fsp3) is 0.583. The topological polar surface area (TPSA) is 45.6 Å². The third-order valence-corrected chi connectivity index (χ3v) is 3.22. The quantitative estimate of drug-likeness (QED) is 0.811. The molecule has 16 heavy (non-hydrogen) atoms. The molecule has 1 aliphatic heterocycles. The van der Waals surface area contributed by atoms with Crippen LogP contribution in [-0.2, 0) is 5.60 Å². The molecule has 0 saturated carbocycles. The van der Waals surface area contributed by atoms with Gasteiger partial charge in [-0.2, -0.15) is 0 Å². The summed E-state index contributed by atoms with van der Waals surface area (Å²) < 4.78 is 5.08. The molecule has 0 aromatic carbocycles. The molecule has 1 aromatic heterocycles. The van der Waals surface area contributed by atoms with E-state index < -0.39 is 5.60 Å². The minimum absolute atomic E-state index is 0.560. The summed E-state index contributed by atoms with van der Waals surface area (Å²) in [6.07, 6.45) is 1.45. The molecule has 2 heterocycles. The average molecular weight is 222 g/mol. The van der Waals surface area contributed by atoms with Crippen molar-refractivity contribution in [1.29, 1.82) is 0 Å². The van der Waals surface area contributed by atoms with Crippen LogP contribution in [0.15, 0.2) is 18.2 Å². The average Bonchev–Trinajstić information content (AvgIpc) is 2.33. The molecule has 0 radical (unpaired) electrons. The second kappa shape index (κ2) is 4.39. The van der Waals surface area contributed by atoms with Crippen molar-refractivity contribution in [3.8, 4) is 5.88 Å². The summed E-state index contributed by atoms with van der Waals surface area (Å²) in [6.45, 7) is 1.80. The molecule has 1 N–H and O–H groups in total. The summed E-state index contributed by atoms with van der Waals surface area (Å²) in [6, 6.07) is 5.53. The van der Waals surface area contributed by atoms with Crippen molar-refractivity contribution in [2.45, 2.75) is 18.4 Å². The first-order valence-corrected chi connectivity index (χ1v) is 5.56. The summed E-state index contributed by atoms with van der Waals surface area (Å²) in [5, 5.41) is 10.5. The molecular weight excluding hydrogens is 204 g/mol. The molecule has 0 bridgehead atoms. The highest BCUT2D eigenvalue weighted by Crippen LogP contribution is 2.31. The van der Waals surface area contributed by atoms with Crippen LogP contribution in [-0.4, -0.2) is 42.2 Å². The van der Waals surface area contributed by atoms with Crippen LogP contribution >= 0.6 is 0 Å². The van der Waals surface area contributed by atoms with Crippen LogP contribution in [0.1, 0.15) is 18.5 Å². The first-order chi connectivity index (χ1) is 7.64. The number of likely N-dealkylation sites (tertiary alicyclic amines) is 1. The molecule has 0 amide bonds. The van der Waals surface area contributed by atoms with Gasteiger partial charge in [0.1, 0.15) is 5.60 Å². The Balaban J connectivity index is 2.21. The van der Waals surface area contributed by atoms with Gasteiger partial charge in [0, 0.05) is 19.2 Å². The Morgan fingerprint density at radius 3 is 2.69 bits per heavy atom. The van der Waals surface area contributed by atoms with Crippen molar-refractivity contribution < 1.29 is 9.84 Å². The minimum Gasteiger partial charge on any atom is -0.481 e. The first kappa shape index (κ1) is 11.4. The van der Waals surface area contributed by atoms with E-state index in [1.165, 1.54) is 0 Å². The van der Waals surface area contributed by atoms with E-state index in [9.17, 15) is 5.11 Å². The molecule has 1 saturated heterocycles. The molecule has 0 spiro atoms. The SMILES string of the molecule is COc1cccc(C2(O)CCN(C)CC2)n1. The van der Waals surface area contributed by atoms with E-state index in [1.54, 1.807) is 13.2 Å². The molecule has 0 unspecified atom stereocenters. The number of rotatable bonds is 2. The molecule has 1 aliphatic rings. The molecule has 0 aliphatic carbocycles. The highest BCUT2D eigenvalue weighted by atomic mass is 16.5. The molecule has 88 valence electrons. The van der Waals surface area contributed by atoms with Gasteiger partial charge in [0.2, 0.25) is 5.88 Å². The molecule has 0 atom stereocenters. The Labute approximate surface area is 95.9 Å². The maximum atomic E-state index is 10.5. The van der Waals surface area contributed by atoms with E-state index in [0.717, 1.165) is 31.6 Å². The lowest BCUT2D eigenvalue weighted by Gasteiger charge is -2.36. The van der Waals surface area contributed by atoms with E-state index in [4.69, 9.17) is 4.74 Å². The zero-order valence-corrected chi connectivity index (χ0v) is 9.81. The van der Waals surface area contributed by atoms with Crippen molar-refractivity contribution in [2.75, 3.05) is 27.2 Å². The van der Waals surface area contributed by atoms with Gasteiger partial charge >= 0.3 is 0 Å². The van der Waals surface area contributed by atoms with Crippen molar-refractivity contribution in [1.82, 2.24) is 9.88 Å². The van der Waals surface area contributed by atoms with Crippen LogP contribution < -0.4 is 4.74 Å². The van der Waals surface area contributed by atoms with Gasteiger partial charge in [-0.05, 0) is 26.0 Å². The lowest BCUT2D eigenvalue weighted by molar-refractivity contribution is -0.0241. The van der Waals surface area contributed by atoms with Crippen molar-refractivity contribution >= 4 is 0 Å². The minimum atomic E-state index is -0.791. The third kappa shape index (κ3) is 2.18. The summed E-state index contributed by atoms with van der Waals surface area (Å²) >= 11 is 0. The molecule has 2 rings (SSSR count). The predicted molar refractivity (Wildman–Crippen MR) is 61.4 cm³/mol. The van der Waals surface area contributed by atoms with E-state index in [1.807, 2.05) is 12.1 Å². The van der Waals surface area contributed by atoms with Crippen LogP contribution in [0.4, 0.5) is 0 Å². The smallest absolute Gasteiger partial charge is 0.213 e. The Bertz CT molecular complexity index is 360. The Morgan fingerprint density at radius 1 is 1.38 bits per heavy atom. The van der Waals surface area contributed by atoms with E-state index >= 15 is 0 Å². The van der Waals surface area contributed by atoms with Gasteiger partial charge < -0.3 is 14.7 Å². The lowest BCUT2D eigenvalue weighted by atomic mass is 9.88. The van der Waals surface area contributed by atoms with Gasteiger partial charge in [-0.25, -0.2) is 4.98 Å². The van der Waals surface area contributed by atoms with Crippen molar-refractivity contribution in [3.63, 3.8) is 0 Å². The molecule has 1 aromatic rings. The maximum Gasteiger partial charge on any atom is 0.213 e. The van der Waals surface area contributed by atoms with Crippen molar-refractivity contribution in [2.24, 2.45) is 0 Å². The molecule has 4 heteroatoms. The first-order valence-electron chi connectivity index (χ1n) is 5.56. The fourth-order valence-electron chi connectivity index (χ4n) is 2.03. The Hall–Kier alpha value is -1.13. The zero-order valence-electron chi connectivity index (χ0n) is 9.81. The fourth-order valence-corrected chi connectivity index (χ4v) is 2.03. The van der Waals surface area contributed by atoms with Gasteiger partial charge in [0.25, 0.3) is 0 Å². The Kier molecular flexibility index (Phi) is 3.12. The maximum absolute atomic E-state index is 10.5. The van der Waals surface area contributed by atoms with Gasteiger partial charge in [0.05, 0.1) is 12.8 Å². The van der Waals surface area contributed by atoms with Crippen LogP contribution in [0.3, 0.4) is 0 Å². The normalized spacial score (nSPS) is 20.7. The third-order valence-electron chi connectivity index (χ3n) is 3.22. The van der Waals surface area contributed by atoms with Gasteiger partial charge in [-0.3, -0.25) is 0 Å². The number of ether oxygens (including phenoxy) is 1. The highest BCUT2D eigenvalue weighted by molar-refractivity contribution is 5.21. The van der Waals surface area contributed by atoms with Gasteiger partial charge in [-0.1, -0.05) is 6.07 Å². The summed E-state index contributed by atoms with van der Waals surface area (Å²) in [4.78, 5) is 6.54. The number of piperidine rings is 1.